The van der Waals surface area contributed by atoms with E-state index in [-0.39, 0.29) is 5.04 Å². The molecule has 0 saturated carbocycles. The molecule has 0 aliphatic carbocycles. The molecule has 0 unspecified atom stereocenters. The van der Waals surface area contributed by atoms with E-state index in [9.17, 15) is 9.90 Å². The molecule has 0 fully saturated rings. The van der Waals surface area contributed by atoms with E-state index in [2.05, 4.69) is 50.4 Å². The predicted octanol–water partition coefficient (Wildman–Crippen LogP) is 2.72. The van der Waals surface area contributed by atoms with Gasteiger partial charge in [-0.15, -0.1) is 0 Å². The first-order valence-electron chi connectivity index (χ1n) is 7.10. The molecule has 20 heavy (non-hydrogen) atoms. The standard InChI is InChI=1S/C15H28O4Si/c1-7-18-14(17)11-10-13(16)9-8-12-19-20(5,6)15(2,3)4/h13,16H,7-9,12H2,1-6H3/t13-/m1/s1. The van der Waals surface area contributed by atoms with Gasteiger partial charge >= 0.3 is 5.97 Å². The second-order valence-electron chi connectivity index (χ2n) is 6.26. The van der Waals surface area contributed by atoms with Crippen LogP contribution in [0.1, 0.15) is 40.5 Å². The lowest BCUT2D eigenvalue weighted by atomic mass is 10.2. The summed E-state index contributed by atoms with van der Waals surface area (Å²) in [7, 11) is -1.72. The monoisotopic (exact) mass is 300 g/mol. The number of esters is 1. The zero-order valence-electron chi connectivity index (χ0n) is 13.6. The molecule has 0 bridgehead atoms. The molecule has 0 aromatic heterocycles. The van der Waals surface area contributed by atoms with Crippen molar-refractivity contribution in [1.29, 1.82) is 0 Å². The van der Waals surface area contributed by atoms with E-state index in [0.29, 0.717) is 19.6 Å². The van der Waals surface area contributed by atoms with Gasteiger partial charge in [0.05, 0.1) is 6.61 Å². The number of hydrogen-bond acceptors (Lipinski definition) is 4. The highest BCUT2D eigenvalue weighted by atomic mass is 28.4. The van der Waals surface area contributed by atoms with Gasteiger partial charge in [0.25, 0.3) is 0 Å². The first kappa shape index (κ1) is 19.2. The maximum atomic E-state index is 11.0. The van der Waals surface area contributed by atoms with E-state index in [0.717, 1.165) is 6.42 Å². The van der Waals surface area contributed by atoms with Crippen molar-refractivity contribution in [2.75, 3.05) is 13.2 Å². The molecule has 4 nitrogen and oxygen atoms in total. The lowest BCUT2D eigenvalue weighted by Crippen LogP contribution is -2.41. The summed E-state index contributed by atoms with van der Waals surface area (Å²) in [4.78, 5) is 11.0. The van der Waals surface area contributed by atoms with E-state index in [4.69, 9.17) is 4.43 Å². The van der Waals surface area contributed by atoms with Crippen molar-refractivity contribution in [3.63, 3.8) is 0 Å². The molecule has 116 valence electrons. The summed E-state index contributed by atoms with van der Waals surface area (Å²) in [5.74, 6) is 4.16. The number of aliphatic hydroxyl groups excluding tert-OH is 1. The quantitative estimate of drug-likeness (QED) is 0.269. The smallest absolute Gasteiger partial charge is 0.384 e. The number of hydrogen-bond donors (Lipinski definition) is 1. The Balaban J connectivity index is 3.99. The summed E-state index contributed by atoms with van der Waals surface area (Å²) in [5, 5.41) is 9.82. The van der Waals surface area contributed by atoms with E-state index >= 15 is 0 Å². The summed E-state index contributed by atoms with van der Waals surface area (Å²) in [6, 6.07) is 0. The van der Waals surface area contributed by atoms with Crippen LogP contribution in [0, 0.1) is 11.8 Å². The predicted molar refractivity (Wildman–Crippen MR) is 82.8 cm³/mol. The number of rotatable bonds is 6. The van der Waals surface area contributed by atoms with Crippen LogP contribution in [0.2, 0.25) is 18.1 Å². The first-order chi connectivity index (χ1) is 9.10. The Morgan fingerprint density at radius 2 is 1.95 bits per heavy atom. The van der Waals surface area contributed by atoms with Crippen molar-refractivity contribution >= 4 is 14.3 Å². The maximum Gasteiger partial charge on any atom is 0.384 e. The molecule has 0 heterocycles. The van der Waals surface area contributed by atoms with E-state index in [1.807, 2.05) is 0 Å². The van der Waals surface area contributed by atoms with Gasteiger partial charge in [0.1, 0.15) is 6.10 Å². The summed E-state index contributed by atoms with van der Waals surface area (Å²) >= 11 is 0. The number of carbonyl (C=O) groups excluding carboxylic acids is 1. The van der Waals surface area contributed by atoms with Gasteiger partial charge in [-0.1, -0.05) is 26.7 Å². The van der Waals surface area contributed by atoms with Crippen LogP contribution in [0.3, 0.4) is 0 Å². The molecular weight excluding hydrogens is 272 g/mol. The molecule has 0 aromatic carbocycles. The van der Waals surface area contributed by atoms with Crippen LogP contribution >= 0.6 is 0 Å². The molecule has 0 amide bonds. The molecular formula is C15H28O4Si. The fourth-order valence-electron chi connectivity index (χ4n) is 1.20. The van der Waals surface area contributed by atoms with Crippen molar-refractivity contribution in [2.45, 2.75) is 64.8 Å². The minimum absolute atomic E-state index is 0.190. The first-order valence-corrected chi connectivity index (χ1v) is 10.0. The van der Waals surface area contributed by atoms with E-state index < -0.39 is 20.4 Å². The molecule has 0 aliphatic heterocycles. The highest BCUT2D eigenvalue weighted by molar-refractivity contribution is 6.74. The minimum atomic E-state index is -1.72. The van der Waals surface area contributed by atoms with Gasteiger partial charge < -0.3 is 14.3 Å². The largest absolute Gasteiger partial charge is 0.456 e. The molecule has 1 N–H and O–H groups in total. The molecule has 0 rings (SSSR count). The van der Waals surface area contributed by atoms with Gasteiger partial charge in [0, 0.05) is 12.5 Å². The average molecular weight is 300 g/mol. The average Bonchev–Trinajstić information content (AvgIpc) is 2.31. The molecule has 0 saturated heterocycles. The summed E-state index contributed by atoms with van der Waals surface area (Å²) in [6.45, 7) is 13.6. The van der Waals surface area contributed by atoms with Crippen LogP contribution in [0.25, 0.3) is 0 Å². The van der Waals surface area contributed by atoms with Gasteiger partial charge in [-0.05, 0) is 37.9 Å². The zero-order valence-corrected chi connectivity index (χ0v) is 14.6. The van der Waals surface area contributed by atoms with Gasteiger partial charge in [0.2, 0.25) is 0 Å². The van der Waals surface area contributed by atoms with Crippen LogP contribution in [0.5, 0.6) is 0 Å². The Bertz CT molecular complexity index is 360. The molecule has 0 spiro atoms. The lowest BCUT2D eigenvalue weighted by Gasteiger charge is -2.36. The van der Waals surface area contributed by atoms with Gasteiger partial charge in [0.15, 0.2) is 8.32 Å². The highest BCUT2D eigenvalue weighted by Crippen LogP contribution is 2.36. The number of aliphatic hydroxyl groups is 1. The molecule has 5 heteroatoms. The number of carbonyl (C=O) groups is 1. The fourth-order valence-corrected chi connectivity index (χ4v) is 2.29. The van der Waals surface area contributed by atoms with Crippen molar-refractivity contribution in [3.8, 4) is 11.8 Å². The van der Waals surface area contributed by atoms with Crippen molar-refractivity contribution < 1.29 is 19.1 Å². The molecule has 0 radical (unpaired) electrons. The van der Waals surface area contributed by atoms with E-state index in [1.165, 1.54) is 0 Å². The highest BCUT2D eigenvalue weighted by Gasteiger charge is 2.36. The van der Waals surface area contributed by atoms with Gasteiger partial charge in [-0.2, -0.15) is 0 Å². The summed E-state index contributed by atoms with van der Waals surface area (Å²) < 4.78 is 10.7. The van der Waals surface area contributed by atoms with E-state index in [1.54, 1.807) is 6.92 Å². The third kappa shape index (κ3) is 7.68. The molecule has 1 atom stereocenters. The normalized spacial score (nSPS) is 13.3. The van der Waals surface area contributed by atoms with Crippen LogP contribution < -0.4 is 0 Å². The third-order valence-electron chi connectivity index (χ3n) is 3.51. The van der Waals surface area contributed by atoms with Crippen LogP contribution in [0.15, 0.2) is 0 Å². The maximum absolute atomic E-state index is 11.0. The Morgan fingerprint density at radius 3 is 2.45 bits per heavy atom. The zero-order chi connectivity index (χ0) is 15.8. The van der Waals surface area contributed by atoms with Gasteiger partial charge in [-0.3, -0.25) is 0 Å². The van der Waals surface area contributed by atoms with Crippen LogP contribution in [0.4, 0.5) is 0 Å². The molecule has 0 aliphatic rings. The summed E-state index contributed by atoms with van der Waals surface area (Å²) in [5.41, 5.74) is 0. The fraction of sp³-hybridized carbons (Fsp3) is 0.800. The van der Waals surface area contributed by atoms with Crippen molar-refractivity contribution in [2.24, 2.45) is 0 Å². The van der Waals surface area contributed by atoms with Crippen molar-refractivity contribution in [1.82, 2.24) is 0 Å². The van der Waals surface area contributed by atoms with Gasteiger partial charge in [-0.25, -0.2) is 4.79 Å². The van der Waals surface area contributed by atoms with Crippen LogP contribution in [-0.4, -0.2) is 38.7 Å². The summed E-state index contributed by atoms with van der Waals surface area (Å²) in [6.07, 6.45) is 0.425. The Hall–Kier alpha value is -0.833. The second kappa shape index (κ2) is 8.45. The Kier molecular flexibility index (Phi) is 8.10. The lowest BCUT2D eigenvalue weighted by molar-refractivity contribution is -0.136. The third-order valence-corrected chi connectivity index (χ3v) is 8.05. The molecule has 0 aromatic rings. The Morgan fingerprint density at radius 1 is 1.35 bits per heavy atom. The topological polar surface area (TPSA) is 55.8 Å². The minimum Gasteiger partial charge on any atom is -0.456 e. The SMILES string of the molecule is CCOC(=O)C#C[C@H](O)CCCO[Si](C)(C)C(C)(C)C. The number of ether oxygens (including phenoxy) is 1. The second-order valence-corrected chi connectivity index (χ2v) is 11.1. The Labute approximate surface area is 124 Å². The van der Waals surface area contributed by atoms with Crippen molar-refractivity contribution in [3.05, 3.63) is 0 Å². The van der Waals surface area contributed by atoms with Crippen LogP contribution in [-0.2, 0) is 14.0 Å².